The van der Waals surface area contributed by atoms with Crippen molar-refractivity contribution >= 4 is 11.6 Å². The van der Waals surface area contributed by atoms with Gasteiger partial charge in [-0.3, -0.25) is 14.5 Å². The van der Waals surface area contributed by atoms with Crippen molar-refractivity contribution in [3.63, 3.8) is 0 Å². The topological polar surface area (TPSA) is 64.4 Å². The third kappa shape index (κ3) is 3.24. The van der Waals surface area contributed by atoms with E-state index < -0.39 is 11.6 Å². The summed E-state index contributed by atoms with van der Waals surface area (Å²) < 4.78 is 7.38. The molecule has 1 aliphatic carbocycles. The largest absolute Gasteiger partial charge is 0.379 e. The molecular formula is C21H25N3O3. The third-order valence-corrected chi connectivity index (χ3v) is 5.32. The van der Waals surface area contributed by atoms with Gasteiger partial charge in [0.25, 0.3) is 5.78 Å². The summed E-state index contributed by atoms with van der Waals surface area (Å²) in [7, 11) is 0. The lowest BCUT2D eigenvalue weighted by molar-refractivity contribution is 0.0369. The van der Waals surface area contributed by atoms with Gasteiger partial charge in [-0.2, -0.15) is 0 Å². The predicted molar refractivity (Wildman–Crippen MR) is 102 cm³/mol. The van der Waals surface area contributed by atoms with E-state index in [1.54, 1.807) is 12.1 Å². The fourth-order valence-electron chi connectivity index (χ4n) is 3.95. The van der Waals surface area contributed by atoms with Crippen LogP contribution >= 0.6 is 0 Å². The normalized spacial score (nSPS) is 17.3. The average molecular weight is 367 g/mol. The first-order valence-electron chi connectivity index (χ1n) is 9.67. The van der Waals surface area contributed by atoms with Gasteiger partial charge in [-0.1, -0.05) is 38.1 Å². The molecule has 27 heavy (non-hydrogen) atoms. The van der Waals surface area contributed by atoms with Crippen LogP contribution < -0.4 is 0 Å². The van der Waals surface area contributed by atoms with E-state index in [-0.39, 0.29) is 5.92 Å². The van der Waals surface area contributed by atoms with E-state index in [2.05, 4.69) is 18.7 Å². The Bertz CT molecular complexity index is 879. The minimum Gasteiger partial charge on any atom is -0.379 e. The van der Waals surface area contributed by atoms with E-state index in [0.29, 0.717) is 23.5 Å². The highest BCUT2D eigenvalue weighted by Crippen LogP contribution is 2.35. The predicted octanol–water partition coefficient (Wildman–Crippen LogP) is 2.77. The van der Waals surface area contributed by atoms with Gasteiger partial charge in [0.2, 0.25) is 5.78 Å². The molecule has 1 fully saturated rings. The van der Waals surface area contributed by atoms with Crippen LogP contribution in [0.1, 0.15) is 52.9 Å². The van der Waals surface area contributed by atoms with Crippen LogP contribution in [-0.4, -0.2) is 58.9 Å². The molecule has 142 valence electrons. The molecule has 0 amide bonds. The number of imidazole rings is 1. The molecule has 0 unspecified atom stereocenters. The van der Waals surface area contributed by atoms with Crippen LogP contribution in [0.5, 0.6) is 0 Å². The Kier molecular flexibility index (Phi) is 4.93. The number of hydrogen-bond acceptors (Lipinski definition) is 5. The smallest absolute Gasteiger partial charge is 0.252 e. The fraction of sp³-hybridized carbons (Fsp3) is 0.476. The fourth-order valence-corrected chi connectivity index (χ4v) is 3.95. The van der Waals surface area contributed by atoms with E-state index in [0.717, 1.165) is 50.7 Å². The zero-order valence-electron chi connectivity index (χ0n) is 15.9. The quantitative estimate of drug-likeness (QED) is 0.761. The number of carbonyl (C=O) groups excluding carboxylic acids is 2. The van der Waals surface area contributed by atoms with E-state index in [1.165, 1.54) is 0 Å². The van der Waals surface area contributed by atoms with Crippen LogP contribution in [0.25, 0.3) is 11.3 Å². The molecule has 0 atom stereocenters. The van der Waals surface area contributed by atoms with Gasteiger partial charge in [0, 0.05) is 43.2 Å². The van der Waals surface area contributed by atoms with Crippen molar-refractivity contribution in [2.24, 2.45) is 0 Å². The molecule has 0 N–H and O–H groups in total. The average Bonchev–Trinajstić information content (AvgIpc) is 3.07. The van der Waals surface area contributed by atoms with Gasteiger partial charge < -0.3 is 9.30 Å². The maximum absolute atomic E-state index is 12.9. The monoisotopic (exact) mass is 367 g/mol. The molecule has 0 radical (unpaired) electrons. The number of carbonyl (C=O) groups is 2. The van der Waals surface area contributed by atoms with Crippen LogP contribution in [0.3, 0.4) is 0 Å². The molecule has 1 aliphatic heterocycles. The Morgan fingerprint density at radius 2 is 1.74 bits per heavy atom. The molecule has 1 aromatic heterocycles. The third-order valence-electron chi connectivity index (χ3n) is 5.32. The van der Waals surface area contributed by atoms with Gasteiger partial charge in [-0.15, -0.1) is 0 Å². The zero-order valence-corrected chi connectivity index (χ0v) is 15.9. The number of morpholine rings is 1. The minimum atomic E-state index is -0.436. The second-order valence-corrected chi connectivity index (χ2v) is 7.48. The summed E-state index contributed by atoms with van der Waals surface area (Å²) in [5, 5.41) is 0. The highest BCUT2D eigenvalue weighted by molar-refractivity contribution is 6.52. The summed E-state index contributed by atoms with van der Waals surface area (Å²) in [6, 6.07) is 7.27. The van der Waals surface area contributed by atoms with Crippen LogP contribution in [-0.2, 0) is 11.3 Å². The number of nitrogens with zero attached hydrogens (tertiary/aromatic N) is 3. The number of rotatable bonds is 5. The summed E-state index contributed by atoms with van der Waals surface area (Å²) in [5.41, 5.74) is 2.35. The Balaban J connectivity index is 1.67. The number of ether oxygens (including phenoxy) is 1. The lowest BCUT2D eigenvalue weighted by Gasteiger charge is -2.26. The first kappa shape index (κ1) is 18.1. The molecule has 1 aromatic carbocycles. The molecule has 2 aromatic rings. The molecule has 4 rings (SSSR count). The highest BCUT2D eigenvalue weighted by atomic mass is 16.5. The summed E-state index contributed by atoms with van der Waals surface area (Å²) >= 11 is 0. The molecule has 1 saturated heterocycles. The zero-order chi connectivity index (χ0) is 19.0. The van der Waals surface area contributed by atoms with Crippen molar-refractivity contribution in [2.45, 2.75) is 32.7 Å². The van der Waals surface area contributed by atoms with E-state index in [9.17, 15) is 9.59 Å². The van der Waals surface area contributed by atoms with Crippen molar-refractivity contribution in [1.82, 2.24) is 14.5 Å². The van der Waals surface area contributed by atoms with Crippen molar-refractivity contribution in [2.75, 3.05) is 32.8 Å². The second-order valence-electron chi connectivity index (χ2n) is 7.48. The summed E-state index contributed by atoms with van der Waals surface area (Å²) in [6.07, 6.45) is 0.908. The highest BCUT2D eigenvalue weighted by Gasteiger charge is 2.36. The van der Waals surface area contributed by atoms with E-state index >= 15 is 0 Å². The van der Waals surface area contributed by atoms with Crippen molar-refractivity contribution in [1.29, 1.82) is 0 Å². The molecule has 0 saturated carbocycles. The van der Waals surface area contributed by atoms with Gasteiger partial charge in [0.05, 0.1) is 13.2 Å². The SMILES string of the molecule is CC(C)c1nc2c(n1CCCN1CCOCC1)C(=O)C(=O)c1ccccc1-2. The Morgan fingerprint density at radius 1 is 1.04 bits per heavy atom. The van der Waals surface area contributed by atoms with E-state index in [1.807, 2.05) is 16.7 Å². The molecule has 0 spiro atoms. The van der Waals surface area contributed by atoms with E-state index in [4.69, 9.17) is 9.72 Å². The minimum absolute atomic E-state index is 0.175. The summed E-state index contributed by atoms with van der Waals surface area (Å²) in [4.78, 5) is 32.7. The van der Waals surface area contributed by atoms with Gasteiger partial charge in [-0.05, 0) is 6.42 Å². The Hall–Kier alpha value is -2.31. The molecule has 2 heterocycles. The molecule has 6 heteroatoms. The standard InChI is InChI=1S/C21H25N3O3/c1-14(2)21-22-17-15-6-3-4-7-16(15)19(25)20(26)18(17)24(21)9-5-8-23-10-12-27-13-11-23/h3-4,6-7,14H,5,8-13H2,1-2H3. The van der Waals surface area contributed by atoms with Gasteiger partial charge in [0.1, 0.15) is 17.2 Å². The first-order chi connectivity index (χ1) is 13.1. The molecule has 2 aliphatic rings. The summed E-state index contributed by atoms with van der Waals surface area (Å²) in [6.45, 7) is 9.24. The number of hydrogen-bond donors (Lipinski definition) is 0. The number of ketones is 2. The van der Waals surface area contributed by atoms with Crippen LogP contribution in [0.15, 0.2) is 24.3 Å². The maximum atomic E-state index is 12.9. The number of Topliss-reactive ketones (excluding diaryl/α,β-unsaturated/α-hetero) is 2. The van der Waals surface area contributed by atoms with Crippen LogP contribution in [0.4, 0.5) is 0 Å². The summed E-state index contributed by atoms with van der Waals surface area (Å²) in [5.74, 6) is 0.186. The van der Waals surface area contributed by atoms with Gasteiger partial charge in [0.15, 0.2) is 0 Å². The van der Waals surface area contributed by atoms with Crippen LogP contribution in [0.2, 0.25) is 0 Å². The first-order valence-corrected chi connectivity index (χ1v) is 9.67. The van der Waals surface area contributed by atoms with Gasteiger partial charge >= 0.3 is 0 Å². The molecular weight excluding hydrogens is 342 g/mol. The van der Waals surface area contributed by atoms with Crippen LogP contribution in [0, 0.1) is 0 Å². The van der Waals surface area contributed by atoms with Crippen molar-refractivity contribution in [3.05, 3.63) is 41.3 Å². The van der Waals surface area contributed by atoms with Crippen molar-refractivity contribution in [3.8, 4) is 11.3 Å². The molecule has 6 nitrogen and oxygen atoms in total. The maximum Gasteiger partial charge on any atom is 0.252 e. The second kappa shape index (κ2) is 7.37. The van der Waals surface area contributed by atoms with Crippen molar-refractivity contribution < 1.29 is 14.3 Å². The number of aromatic nitrogens is 2. The van der Waals surface area contributed by atoms with Gasteiger partial charge in [-0.25, -0.2) is 4.98 Å². The lowest BCUT2D eigenvalue weighted by atomic mass is 9.90. The Morgan fingerprint density at radius 3 is 2.44 bits per heavy atom. The number of benzene rings is 1. The number of fused-ring (bicyclic) bond motifs is 3. The Labute approximate surface area is 159 Å². The molecule has 0 bridgehead atoms. The lowest BCUT2D eigenvalue weighted by Crippen LogP contribution is -2.37.